The summed E-state index contributed by atoms with van der Waals surface area (Å²) in [5.41, 5.74) is 4.56. The first-order chi connectivity index (χ1) is 8.29. The van der Waals surface area contributed by atoms with E-state index < -0.39 is 0 Å². The molecular formula is C12H13ClN4. The molecule has 0 aliphatic heterocycles. The summed E-state index contributed by atoms with van der Waals surface area (Å²) in [4.78, 5) is 8.50. The van der Waals surface area contributed by atoms with Gasteiger partial charge in [-0.1, -0.05) is 17.7 Å². The number of halogens is 1. The van der Waals surface area contributed by atoms with Crippen molar-refractivity contribution >= 4 is 11.6 Å². The Hall–Kier alpha value is -1.49. The molecule has 0 saturated carbocycles. The van der Waals surface area contributed by atoms with Gasteiger partial charge in [0.25, 0.3) is 0 Å². The van der Waals surface area contributed by atoms with Crippen molar-refractivity contribution in [2.24, 2.45) is 5.84 Å². The maximum Gasteiger partial charge on any atom is 0.0687 e. The van der Waals surface area contributed by atoms with E-state index in [0.717, 1.165) is 11.4 Å². The van der Waals surface area contributed by atoms with Crippen molar-refractivity contribution in [3.63, 3.8) is 0 Å². The number of nitrogens with one attached hydrogen (secondary N) is 1. The van der Waals surface area contributed by atoms with E-state index in [4.69, 9.17) is 17.4 Å². The standard InChI is InChI=1S/C12H13ClN4/c13-9-4-5-11(16-8-9)12(17-14)7-10-3-1-2-6-15-10/h1-6,8,12,17H,7,14H2. The van der Waals surface area contributed by atoms with Crippen molar-refractivity contribution in [2.75, 3.05) is 0 Å². The summed E-state index contributed by atoms with van der Waals surface area (Å²) >= 11 is 5.79. The molecule has 0 spiro atoms. The minimum Gasteiger partial charge on any atom is -0.271 e. The second-order valence-electron chi connectivity index (χ2n) is 3.65. The van der Waals surface area contributed by atoms with Gasteiger partial charge in [0.15, 0.2) is 0 Å². The molecule has 1 atom stereocenters. The van der Waals surface area contributed by atoms with E-state index in [1.54, 1.807) is 18.5 Å². The molecule has 0 amide bonds. The van der Waals surface area contributed by atoms with E-state index in [1.165, 1.54) is 0 Å². The quantitative estimate of drug-likeness (QED) is 0.641. The Morgan fingerprint density at radius 3 is 2.71 bits per heavy atom. The van der Waals surface area contributed by atoms with Crippen LogP contribution in [0.5, 0.6) is 0 Å². The third-order valence-electron chi connectivity index (χ3n) is 2.45. The van der Waals surface area contributed by atoms with Crippen LogP contribution in [0, 0.1) is 0 Å². The van der Waals surface area contributed by atoms with Crippen molar-refractivity contribution < 1.29 is 0 Å². The largest absolute Gasteiger partial charge is 0.271 e. The maximum absolute atomic E-state index is 5.79. The molecule has 0 aromatic carbocycles. The van der Waals surface area contributed by atoms with Crippen LogP contribution in [0.3, 0.4) is 0 Å². The zero-order chi connectivity index (χ0) is 12.1. The molecule has 0 bridgehead atoms. The summed E-state index contributed by atoms with van der Waals surface area (Å²) in [5, 5.41) is 0.613. The lowest BCUT2D eigenvalue weighted by molar-refractivity contribution is 0.533. The second-order valence-corrected chi connectivity index (χ2v) is 4.08. The topological polar surface area (TPSA) is 63.8 Å². The molecule has 17 heavy (non-hydrogen) atoms. The average Bonchev–Trinajstić information content (AvgIpc) is 2.38. The first-order valence-corrected chi connectivity index (χ1v) is 5.65. The lowest BCUT2D eigenvalue weighted by Gasteiger charge is -2.14. The van der Waals surface area contributed by atoms with E-state index >= 15 is 0 Å². The first kappa shape index (κ1) is 12.0. The minimum atomic E-state index is -0.0674. The van der Waals surface area contributed by atoms with Crippen LogP contribution in [0.15, 0.2) is 42.7 Å². The number of aromatic nitrogens is 2. The number of nitrogens with zero attached hydrogens (tertiary/aromatic N) is 2. The molecule has 2 rings (SSSR count). The highest BCUT2D eigenvalue weighted by atomic mass is 35.5. The highest BCUT2D eigenvalue weighted by Crippen LogP contribution is 2.16. The molecule has 2 aromatic rings. The Morgan fingerprint density at radius 1 is 1.24 bits per heavy atom. The number of hydrazine groups is 1. The minimum absolute atomic E-state index is 0.0674. The van der Waals surface area contributed by atoms with E-state index in [1.807, 2.05) is 24.3 Å². The molecule has 1 unspecified atom stereocenters. The van der Waals surface area contributed by atoms with E-state index in [-0.39, 0.29) is 6.04 Å². The number of nitrogens with two attached hydrogens (primary N) is 1. The zero-order valence-electron chi connectivity index (χ0n) is 9.18. The maximum atomic E-state index is 5.79. The fraction of sp³-hybridized carbons (Fsp3) is 0.167. The van der Waals surface area contributed by atoms with Gasteiger partial charge in [-0.3, -0.25) is 21.2 Å². The van der Waals surface area contributed by atoms with Gasteiger partial charge in [0, 0.05) is 24.5 Å². The van der Waals surface area contributed by atoms with Crippen molar-refractivity contribution in [1.29, 1.82) is 0 Å². The molecule has 0 radical (unpaired) electrons. The molecule has 5 heteroatoms. The third-order valence-corrected chi connectivity index (χ3v) is 2.67. The van der Waals surface area contributed by atoms with Crippen molar-refractivity contribution in [1.82, 2.24) is 15.4 Å². The number of pyridine rings is 2. The smallest absolute Gasteiger partial charge is 0.0687 e. The Labute approximate surface area is 105 Å². The lowest BCUT2D eigenvalue weighted by Crippen LogP contribution is -2.30. The average molecular weight is 249 g/mol. The predicted octanol–water partition coefficient (Wildman–Crippen LogP) is 1.88. The van der Waals surface area contributed by atoms with E-state index in [0.29, 0.717) is 11.4 Å². The van der Waals surface area contributed by atoms with Crippen molar-refractivity contribution in [3.8, 4) is 0 Å². The van der Waals surface area contributed by atoms with Crippen LogP contribution < -0.4 is 11.3 Å². The zero-order valence-corrected chi connectivity index (χ0v) is 9.93. The SMILES string of the molecule is NNC(Cc1ccccn1)c1ccc(Cl)cn1. The Balaban J connectivity index is 2.14. The highest BCUT2D eigenvalue weighted by molar-refractivity contribution is 6.30. The number of hydrogen-bond donors (Lipinski definition) is 2. The molecule has 0 fully saturated rings. The Bertz CT molecular complexity index is 458. The molecule has 2 aromatic heterocycles. The van der Waals surface area contributed by atoms with Gasteiger partial charge in [-0.2, -0.15) is 0 Å². The number of hydrogen-bond acceptors (Lipinski definition) is 4. The van der Waals surface area contributed by atoms with Crippen LogP contribution in [-0.2, 0) is 6.42 Å². The van der Waals surface area contributed by atoms with E-state index in [2.05, 4.69) is 15.4 Å². The van der Waals surface area contributed by atoms with Gasteiger partial charge in [-0.05, 0) is 24.3 Å². The highest BCUT2D eigenvalue weighted by Gasteiger charge is 2.12. The van der Waals surface area contributed by atoms with Gasteiger partial charge in [0.2, 0.25) is 0 Å². The van der Waals surface area contributed by atoms with Crippen LogP contribution in [-0.4, -0.2) is 9.97 Å². The Kier molecular flexibility index (Phi) is 4.03. The van der Waals surface area contributed by atoms with Gasteiger partial charge in [0.05, 0.1) is 16.8 Å². The molecule has 2 heterocycles. The van der Waals surface area contributed by atoms with Gasteiger partial charge < -0.3 is 0 Å². The third kappa shape index (κ3) is 3.23. The molecule has 0 saturated heterocycles. The fourth-order valence-corrected chi connectivity index (χ4v) is 1.68. The van der Waals surface area contributed by atoms with Crippen molar-refractivity contribution in [3.05, 3.63) is 59.1 Å². The Morgan fingerprint density at radius 2 is 2.12 bits per heavy atom. The predicted molar refractivity (Wildman–Crippen MR) is 67.3 cm³/mol. The van der Waals surface area contributed by atoms with Crippen LogP contribution in [0.2, 0.25) is 5.02 Å². The van der Waals surface area contributed by atoms with Crippen LogP contribution in [0.4, 0.5) is 0 Å². The van der Waals surface area contributed by atoms with Crippen molar-refractivity contribution in [2.45, 2.75) is 12.5 Å². The fourth-order valence-electron chi connectivity index (χ4n) is 1.57. The summed E-state index contributed by atoms with van der Waals surface area (Å²) in [6, 6.07) is 9.38. The molecule has 0 aliphatic carbocycles. The van der Waals surface area contributed by atoms with Gasteiger partial charge in [-0.15, -0.1) is 0 Å². The molecule has 4 nitrogen and oxygen atoms in total. The van der Waals surface area contributed by atoms with E-state index in [9.17, 15) is 0 Å². The summed E-state index contributed by atoms with van der Waals surface area (Å²) < 4.78 is 0. The lowest BCUT2D eigenvalue weighted by atomic mass is 10.1. The molecular weight excluding hydrogens is 236 g/mol. The van der Waals surface area contributed by atoms with Crippen LogP contribution in [0.25, 0.3) is 0 Å². The van der Waals surface area contributed by atoms with Crippen LogP contribution in [0.1, 0.15) is 17.4 Å². The summed E-state index contributed by atoms with van der Waals surface area (Å²) in [5.74, 6) is 5.54. The second kappa shape index (κ2) is 5.72. The molecule has 0 aliphatic rings. The molecule has 3 N–H and O–H groups in total. The molecule has 88 valence electrons. The number of rotatable bonds is 4. The monoisotopic (exact) mass is 248 g/mol. The van der Waals surface area contributed by atoms with Gasteiger partial charge in [-0.25, -0.2) is 0 Å². The van der Waals surface area contributed by atoms with Crippen LogP contribution >= 0.6 is 11.6 Å². The summed E-state index contributed by atoms with van der Waals surface area (Å²) in [6.45, 7) is 0. The van der Waals surface area contributed by atoms with Gasteiger partial charge in [0.1, 0.15) is 0 Å². The normalized spacial score (nSPS) is 12.4. The summed E-state index contributed by atoms with van der Waals surface area (Å²) in [7, 11) is 0. The summed E-state index contributed by atoms with van der Waals surface area (Å²) in [6.07, 6.45) is 4.06. The van der Waals surface area contributed by atoms with Gasteiger partial charge >= 0.3 is 0 Å². The first-order valence-electron chi connectivity index (χ1n) is 5.27.